The zero-order chi connectivity index (χ0) is 12.4. The molecule has 4 nitrogen and oxygen atoms in total. The summed E-state index contributed by atoms with van der Waals surface area (Å²) in [6.45, 7) is 2.85. The minimum atomic E-state index is -0.232. The van der Waals surface area contributed by atoms with Gasteiger partial charge in [0.2, 0.25) is 0 Å². The third kappa shape index (κ3) is 2.70. The number of aromatic hydroxyl groups is 1. The van der Waals surface area contributed by atoms with Crippen molar-refractivity contribution in [3.05, 3.63) is 23.8 Å². The summed E-state index contributed by atoms with van der Waals surface area (Å²) in [6, 6.07) is 4.67. The Balaban J connectivity index is 1.98. The minimum Gasteiger partial charge on any atom is -0.507 e. The molecule has 0 radical (unpaired) electrons. The average molecular weight is 235 g/mol. The van der Waals surface area contributed by atoms with Crippen LogP contribution < -0.4 is 10.1 Å². The van der Waals surface area contributed by atoms with Gasteiger partial charge in [-0.25, -0.2) is 0 Å². The molecule has 1 amide bonds. The van der Waals surface area contributed by atoms with Crippen LogP contribution in [-0.2, 0) is 0 Å². The van der Waals surface area contributed by atoms with E-state index in [2.05, 4.69) is 12.2 Å². The van der Waals surface area contributed by atoms with Crippen molar-refractivity contribution in [2.45, 2.75) is 13.3 Å². The Kier molecular flexibility index (Phi) is 3.22. The van der Waals surface area contributed by atoms with Crippen molar-refractivity contribution < 1.29 is 14.6 Å². The molecule has 2 unspecified atom stereocenters. The Labute approximate surface area is 101 Å². The van der Waals surface area contributed by atoms with Gasteiger partial charge in [0.15, 0.2) is 0 Å². The molecule has 1 aliphatic rings. The van der Waals surface area contributed by atoms with Gasteiger partial charge in [0, 0.05) is 12.6 Å². The minimum absolute atomic E-state index is 0.0503. The fourth-order valence-corrected chi connectivity index (χ4v) is 1.83. The maximum Gasteiger partial charge on any atom is 0.255 e. The summed E-state index contributed by atoms with van der Waals surface area (Å²) in [5.41, 5.74) is 0.291. The Morgan fingerprint density at radius 2 is 2.29 bits per heavy atom. The van der Waals surface area contributed by atoms with Crippen LogP contribution in [-0.4, -0.2) is 24.7 Å². The fourth-order valence-electron chi connectivity index (χ4n) is 1.83. The van der Waals surface area contributed by atoms with E-state index >= 15 is 0 Å². The summed E-state index contributed by atoms with van der Waals surface area (Å²) in [5.74, 6) is 1.56. The fraction of sp³-hybridized carbons (Fsp3) is 0.462. The highest BCUT2D eigenvalue weighted by Gasteiger charge is 2.32. The van der Waals surface area contributed by atoms with Crippen molar-refractivity contribution in [2.24, 2.45) is 11.8 Å². The second-order valence-corrected chi connectivity index (χ2v) is 4.57. The van der Waals surface area contributed by atoms with Crippen molar-refractivity contribution in [1.29, 1.82) is 0 Å². The van der Waals surface area contributed by atoms with Crippen LogP contribution in [0.1, 0.15) is 23.7 Å². The van der Waals surface area contributed by atoms with E-state index in [1.807, 2.05) is 0 Å². The number of methoxy groups -OCH3 is 1. The van der Waals surface area contributed by atoms with Gasteiger partial charge in [0.25, 0.3) is 5.91 Å². The normalized spacial score (nSPS) is 22.0. The van der Waals surface area contributed by atoms with Crippen molar-refractivity contribution in [1.82, 2.24) is 5.32 Å². The van der Waals surface area contributed by atoms with Gasteiger partial charge in [-0.15, -0.1) is 0 Å². The molecule has 1 saturated carbocycles. The molecule has 0 aromatic heterocycles. The maximum absolute atomic E-state index is 11.8. The van der Waals surface area contributed by atoms with E-state index in [1.165, 1.54) is 19.6 Å². The highest BCUT2D eigenvalue weighted by molar-refractivity contribution is 5.97. The standard InChI is InChI=1S/C13H17NO3/c1-8-5-9(8)7-14-13(16)11-4-3-10(17-2)6-12(11)15/h3-4,6,8-9,15H,5,7H2,1-2H3,(H,14,16). The molecule has 0 bridgehead atoms. The molecule has 1 aromatic carbocycles. The number of carbonyl (C=O) groups is 1. The molecule has 17 heavy (non-hydrogen) atoms. The van der Waals surface area contributed by atoms with Crippen LogP contribution in [0, 0.1) is 11.8 Å². The Morgan fingerprint density at radius 3 is 2.82 bits per heavy atom. The van der Waals surface area contributed by atoms with Crippen molar-refractivity contribution in [3.63, 3.8) is 0 Å². The van der Waals surface area contributed by atoms with Crippen LogP contribution in [0.3, 0.4) is 0 Å². The number of hydrogen-bond acceptors (Lipinski definition) is 3. The smallest absolute Gasteiger partial charge is 0.255 e. The van der Waals surface area contributed by atoms with Crippen LogP contribution in [0.5, 0.6) is 11.5 Å². The number of rotatable bonds is 4. The monoisotopic (exact) mass is 235 g/mol. The lowest BCUT2D eigenvalue weighted by molar-refractivity contribution is 0.0948. The molecule has 0 heterocycles. The van der Waals surface area contributed by atoms with Crippen molar-refractivity contribution >= 4 is 5.91 Å². The summed E-state index contributed by atoms with van der Waals surface area (Å²) in [6.07, 6.45) is 1.18. The van der Waals surface area contributed by atoms with Gasteiger partial charge in [-0.3, -0.25) is 4.79 Å². The molecule has 92 valence electrons. The third-order valence-corrected chi connectivity index (χ3v) is 3.25. The number of ether oxygens (including phenoxy) is 1. The lowest BCUT2D eigenvalue weighted by Gasteiger charge is -2.07. The zero-order valence-corrected chi connectivity index (χ0v) is 10.1. The van der Waals surface area contributed by atoms with Gasteiger partial charge in [-0.05, 0) is 30.4 Å². The first kappa shape index (κ1) is 11.8. The van der Waals surface area contributed by atoms with E-state index in [4.69, 9.17) is 4.74 Å². The third-order valence-electron chi connectivity index (χ3n) is 3.25. The molecule has 0 saturated heterocycles. The van der Waals surface area contributed by atoms with Crippen LogP contribution in [0.15, 0.2) is 18.2 Å². The number of phenolic OH excluding ortho intramolecular Hbond substituents is 1. The molecule has 0 spiro atoms. The van der Waals surface area contributed by atoms with Crippen LogP contribution >= 0.6 is 0 Å². The van der Waals surface area contributed by atoms with E-state index < -0.39 is 0 Å². The molecule has 4 heteroatoms. The quantitative estimate of drug-likeness (QED) is 0.836. The molecular formula is C13H17NO3. The van der Waals surface area contributed by atoms with E-state index in [1.54, 1.807) is 12.1 Å². The number of nitrogens with one attached hydrogen (secondary N) is 1. The van der Waals surface area contributed by atoms with E-state index in [0.717, 1.165) is 0 Å². The summed E-state index contributed by atoms with van der Waals surface area (Å²) in [5, 5.41) is 12.5. The van der Waals surface area contributed by atoms with Gasteiger partial charge in [0.1, 0.15) is 11.5 Å². The molecule has 1 aliphatic carbocycles. The highest BCUT2D eigenvalue weighted by atomic mass is 16.5. The van der Waals surface area contributed by atoms with E-state index in [-0.39, 0.29) is 11.7 Å². The van der Waals surface area contributed by atoms with Gasteiger partial charge in [-0.1, -0.05) is 6.92 Å². The van der Waals surface area contributed by atoms with Crippen molar-refractivity contribution in [2.75, 3.05) is 13.7 Å². The summed E-state index contributed by atoms with van der Waals surface area (Å²) in [4.78, 5) is 11.8. The lowest BCUT2D eigenvalue weighted by Crippen LogP contribution is -2.25. The SMILES string of the molecule is COc1ccc(C(=O)NCC2CC2C)c(O)c1. The predicted molar refractivity (Wildman–Crippen MR) is 64.3 cm³/mol. The molecule has 2 rings (SSSR count). The molecule has 0 aliphatic heterocycles. The summed E-state index contributed by atoms with van der Waals surface area (Å²) in [7, 11) is 1.52. The summed E-state index contributed by atoms with van der Waals surface area (Å²) < 4.78 is 4.96. The highest BCUT2D eigenvalue weighted by Crippen LogP contribution is 2.36. The molecule has 2 atom stereocenters. The topological polar surface area (TPSA) is 58.6 Å². The first-order chi connectivity index (χ1) is 8.11. The largest absolute Gasteiger partial charge is 0.507 e. The number of carbonyl (C=O) groups excluding carboxylic acids is 1. The lowest BCUT2D eigenvalue weighted by atomic mass is 10.1. The van der Waals surface area contributed by atoms with Crippen LogP contribution in [0.25, 0.3) is 0 Å². The Bertz CT molecular complexity index is 431. The van der Waals surface area contributed by atoms with Crippen LogP contribution in [0.4, 0.5) is 0 Å². The second-order valence-electron chi connectivity index (χ2n) is 4.57. The molecule has 1 fully saturated rings. The number of benzene rings is 1. The van der Waals surface area contributed by atoms with Gasteiger partial charge in [0.05, 0.1) is 12.7 Å². The van der Waals surface area contributed by atoms with E-state index in [9.17, 15) is 9.90 Å². The number of hydrogen-bond donors (Lipinski definition) is 2. The van der Waals surface area contributed by atoms with Gasteiger partial charge < -0.3 is 15.2 Å². The summed E-state index contributed by atoms with van der Waals surface area (Å²) >= 11 is 0. The second kappa shape index (κ2) is 4.65. The molecule has 1 aromatic rings. The average Bonchev–Trinajstić information content (AvgIpc) is 3.02. The predicted octanol–water partition coefficient (Wildman–Crippen LogP) is 1.79. The number of amides is 1. The van der Waals surface area contributed by atoms with E-state index in [0.29, 0.717) is 29.7 Å². The van der Waals surface area contributed by atoms with Gasteiger partial charge in [-0.2, -0.15) is 0 Å². The zero-order valence-electron chi connectivity index (χ0n) is 10.1. The maximum atomic E-state index is 11.8. The van der Waals surface area contributed by atoms with Crippen molar-refractivity contribution in [3.8, 4) is 11.5 Å². The first-order valence-electron chi connectivity index (χ1n) is 5.77. The van der Waals surface area contributed by atoms with Gasteiger partial charge >= 0.3 is 0 Å². The van der Waals surface area contributed by atoms with Crippen LogP contribution in [0.2, 0.25) is 0 Å². The Morgan fingerprint density at radius 1 is 1.59 bits per heavy atom. The Hall–Kier alpha value is -1.71. The molecule has 2 N–H and O–H groups in total. The first-order valence-corrected chi connectivity index (χ1v) is 5.77. The molecular weight excluding hydrogens is 218 g/mol. The number of phenols is 1.